The lowest BCUT2D eigenvalue weighted by molar-refractivity contribution is -0.161. The van der Waals surface area contributed by atoms with E-state index in [0.29, 0.717) is 12.8 Å². The molecule has 3 N–H and O–H groups in total. The molecule has 320 valence electrons. The van der Waals surface area contributed by atoms with Gasteiger partial charge in [-0.1, -0.05) is 159 Å². The molecule has 0 aromatic carbocycles. The largest absolute Gasteiger partial charge is 0.472 e. The van der Waals surface area contributed by atoms with Crippen LogP contribution < -0.4 is 0 Å². The number of rotatable bonds is 40. The van der Waals surface area contributed by atoms with Gasteiger partial charge in [-0.15, -0.1) is 0 Å². The van der Waals surface area contributed by atoms with Gasteiger partial charge in [0, 0.05) is 12.8 Å². The summed E-state index contributed by atoms with van der Waals surface area (Å²) in [7, 11) is -4.62. The third kappa shape index (κ3) is 39.9. The number of aliphatic hydroxyl groups excluding tert-OH is 2. The summed E-state index contributed by atoms with van der Waals surface area (Å²) in [4.78, 5) is 34.9. The van der Waals surface area contributed by atoms with Crippen LogP contribution in [0.3, 0.4) is 0 Å². The number of phosphoric acid groups is 1. The van der Waals surface area contributed by atoms with Gasteiger partial charge in [0.05, 0.1) is 19.8 Å². The van der Waals surface area contributed by atoms with Gasteiger partial charge in [-0.2, -0.15) is 0 Å². The Bertz CT molecular complexity index is 1060. The normalized spacial score (nSPS) is 14.3. The number of aliphatic hydroxyl groups is 2. The van der Waals surface area contributed by atoms with Gasteiger partial charge in [-0.3, -0.25) is 18.6 Å². The van der Waals surface area contributed by atoms with Crippen molar-refractivity contribution in [2.45, 2.75) is 193 Å². The van der Waals surface area contributed by atoms with Crippen molar-refractivity contribution in [1.29, 1.82) is 0 Å². The monoisotopic (exact) mass is 799 g/mol. The van der Waals surface area contributed by atoms with Crippen LogP contribution in [-0.4, -0.2) is 65.7 Å². The second-order valence-corrected chi connectivity index (χ2v) is 15.8. The lowest BCUT2D eigenvalue weighted by Gasteiger charge is -2.20. The molecule has 55 heavy (non-hydrogen) atoms. The van der Waals surface area contributed by atoms with E-state index >= 15 is 0 Å². The molecule has 1 unspecified atom stereocenters. The zero-order valence-corrected chi connectivity index (χ0v) is 35.5. The number of hydrogen-bond acceptors (Lipinski definition) is 9. The van der Waals surface area contributed by atoms with Gasteiger partial charge in [0.25, 0.3) is 0 Å². The van der Waals surface area contributed by atoms with E-state index in [4.69, 9.17) is 19.1 Å². The minimum atomic E-state index is -4.62. The highest BCUT2D eigenvalue weighted by Crippen LogP contribution is 2.43. The summed E-state index contributed by atoms with van der Waals surface area (Å²) in [5, 5.41) is 18.3. The fraction of sp³-hybridized carbons (Fsp3) is 0.773. The summed E-state index contributed by atoms with van der Waals surface area (Å²) in [5.74, 6) is -0.960. The Kier molecular flexibility index (Phi) is 38.6. The number of phosphoric ester groups is 1. The Morgan fingerprint density at radius 3 is 1.45 bits per heavy atom. The molecule has 0 aliphatic rings. The second-order valence-electron chi connectivity index (χ2n) is 14.4. The second kappa shape index (κ2) is 40.1. The van der Waals surface area contributed by atoms with E-state index in [2.05, 4.69) is 67.0 Å². The molecule has 0 aliphatic carbocycles. The molecule has 3 atom stereocenters. The van der Waals surface area contributed by atoms with Crippen molar-refractivity contribution in [3.8, 4) is 0 Å². The molecule has 0 spiro atoms. The number of ether oxygens (including phenoxy) is 2. The summed E-state index contributed by atoms with van der Waals surface area (Å²) < 4.78 is 32.7. The summed E-state index contributed by atoms with van der Waals surface area (Å²) in [6, 6.07) is 0. The number of carbonyl (C=O) groups excluding carboxylic acids is 2. The first kappa shape index (κ1) is 52.9. The van der Waals surface area contributed by atoms with Crippen LogP contribution in [0, 0.1) is 0 Å². The molecule has 0 saturated carbocycles. The van der Waals surface area contributed by atoms with Crippen molar-refractivity contribution in [2.24, 2.45) is 0 Å². The molecule has 0 aliphatic heterocycles. The van der Waals surface area contributed by atoms with Gasteiger partial charge in [-0.25, -0.2) is 4.57 Å². The predicted octanol–water partition coefficient (Wildman–Crippen LogP) is 11.3. The smallest absolute Gasteiger partial charge is 0.462 e. The van der Waals surface area contributed by atoms with Crippen LogP contribution in [0.2, 0.25) is 0 Å². The maximum absolute atomic E-state index is 12.6. The quantitative estimate of drug-likeness (QED) is 0.0237. The van der Waals surface area contributed by atoms with Gasteiger partial charge in [0.15, 0.2) is 6.10 Å². The van der Waals surface area contributed by atoms with E-state index in [1.165, 1.54) is 83.5 Å². The van der Waals surface area contributed by atoms with Crippen molar-refractivity contribution >= 4 is 19.8 Å². The Balaban J connectivity index is 4.37. The van der Waals surface area contributed by atoms with Crippen molar-refractivity contribution in [3.63, 3.8) is 0 Å². The topological polar surface area (TPSA) is 149 Å². The van der Waals surface area contributed by atoms with Crippen LogP contribution in [-0.2, 0) is 32.7 Å². The van der Waals surface area contributed by atoms with Crippen LogP contribution in [0.25, 0.3) is 0 Å². The summed E-state index contributed by atoms with van der Waals surface area (Å²) in [6.07, 6.45) is 42.2. The summed E-state index contributed by atoms with van der Waals surface area (Å²) in [6.45, 7) is 2.31. The van der Waals surface area contributed by atoms with E-state index < -0.39 is 51.8 Å². The fourth-order valence-electron chi connectivity index (χ4n) is 5.62. The zero-order chi connectivity index (χ0) is 40.5. The van der Waals surface area contributed by atoms with Crippen molar-refractivity contribution in [1.82, 2.24) is 0 Å². The van der Waals surface area contributed by atoms with Gasteiger partial charge in [0.2, 0.25) is 0 Å². The summed E-state index contributed by atoms with van der Waals surface area (Å²) >= 11 is 0. The third-order valence-electron chi connectivity index (χ3n) is 8.99. The molecule has 0 rings (SSSR count). The van der Waals surface area contributed by atoms with Gasteiger partial charge >= 0.3 is 19.8 Å². The number of esters is 2. The van der Waals surface area contributed by atoms with Crippen LogP contribution >= 0.6 is 7.82 Å². The Hall–Kier alpha value is -2.07. The van der Waals surface area contributed by atoms with E-state index in [1.807, 2.05) is 0 Å². The maximum Gasteiger partial charge on any atom is 0.472 e. The van der Waals surface area contributed by atoms with Crippen LogP contribution in [0.5, 0.6) is 0 Å². The maximum atomic E-state index is 12.6. The molecule has 0 fully saturated rings. The fourth-order valence-corrected chi connectivity index (χ4v) is 6.41. The molecule has 0 aromatic heterocycles. The minimum Gasteiger partial charge on any atom is -0.462 e. The predicted molar refractivity (Wildman–Crippen MR) is 224 cm³/mol. The molecular weight excluding hydrogens is 719 g/mol. The van der Waals surface area contributed by atoms with Gasteiger partial charge in [0.1, 0.15) is 12.7 Å². The lowest BCUT2D eigenvalue weighted by atomic mass is 10.0. The van der Waals surface area contributed by atoms with Crippen LogP contribution in [0.4, 0.5) is 0 Å². The SMILES string of the molecule is CCCCC/C=C/C/C=C/C/C=C/C/C=C/CCCCCC(=O)O[C@H](COC(=O)CCCCCCCCCCCCCCC)COP(=O)(O)OC[C@@H](O)CO. The number of allylic oxidation sites excluding steroid dienone is 8. The standard InChI is InChI=1S/C44H79O10P/c1-3-5-7-9-11-13-15-17-18-19-20-21-22-24-26-28-30-32-34-36-44(48)54-42(40-53-55(49,50)52-38-41(46)37-45)39-51-43(47)35-33-31-29-27-25-23-16-14-12-10-8-6-4-2/h11,13,17-18,20-21,24,26,41-42,45-46H,3-10,12,14-16,19,22-23,25,27-40H2,1-2H3,(H,49,50)/b13-11+,18-17+,21-20+,26-24+/t41-,42+/m0/s1. The average Bonchev–Trinajstić information content (AvgIpc) is 3.17. The van der Waals surface area contributed by atoms with E-state index in [0.717, 1.165) is 57.8 Å². The van der Waals surface area contributed by atoms with Gasteiger partial charge in [-0.05, 0) is 57.8 Å². The molecule has 0 bridgehead atoms. The first-order valence-electron chi connectivity index (χ1n) is 21.6. The van der Waals surface area contributed by atoms with Crippen LogP contribution in [0.1, 0.15) is 181 Å². The van der Waals surface area contributed by atoms with E-state index in [-0.39, 0.29) is 19.4 Å². The molecule has 0 saturated heterocycles. The zero-order valence-electron chi connectivity index (χ0n) is 34.6. The highest BCUT2D eigenvalue weighted by molar-refractivity contribution is 7.47. The van der Waals surface area contributed by atoms with Crippen molar-refractivity contribution in [3.05, 3.63) is 48.6 Å². The molecule has 10 nitrogen and oxygen atoms in total. The Labute approximate surface area is 334 Å². The van der Waals surface area contributed by atoms with E-state index in [1.54, 1.807) is 0 Å². The molecule has 0 heterocycles. The molecule has 11 heteroatoms. The van der Waals surface area contributed by atoms with Crippen molar-refractivity contribution < 1.29 is 47.8 Å². The highest BCUT2D eigenvalue weighted by atomic mass is 31.2. The number of carbonyl (C=O) groups is 2. The third-order valence-corrected chi connectivity index (χ3v) is 9.94. The summed E-state index contributed by atoms with van der Waals surface area (Å²) in [5.41, 5.74) is 0. The number of hydrogen-bond donors (Lipinski definition) is 3. The van der Waals surface area contributed by atoms with E-state index in [9.17, 15) is 24.2 Å². The highest BCUT2D eigenvalue weighted by Gasteiger charge is 2.27. The van der Waals surface area contributed by atoms with Crippen LogP contribution in [0.15, 0.2) is 48.6 Å². The van der Waals surface area contributed by atoms with Crippen molar-refractivity contribution in [2.75, 3.05) is 26.4 Å². The lowest BCUT2D eigenvalue weighted by Crippen LogP contribution is -2.29. The first-order valence-corrected chi connectivity index (χ1v) is 23.1. The molecular formula is C44H79O10P. The Morgan fingerprint density at radius 2 is 0.945 bits per heavy atom. The Morgan fingerprint density at radius 1 is 0.545 bits per heavy atom. The first-order chi connectivity index (χ1) is 26.7. The molecule has 0 amide bonds. The average molecular weight is 799 g/mol. The number of unbranched alkanes of at least 4 members (excludes halogenated alkanes) is 18. The van der Waals surface area contributed by atoms with Gasteiger partial charge < -0.3 is 24.6 Å². The minimum absolute atomic E-state index is 0.147. The molecule has 0 radical (unpaired) electrons. The molecule has 0 aromatic rings.